The Bertz CT molecular complexity index is 864. The van der Waals surface area contributed by atoms with E-state index in [9.17, 15) is 4.79 Å². The summed E-state index contributed by atoms with van der Waals surface area (Å²) in [5.41, 5.74) is 2.23. The van der Waals surface area contributed by atoms with E-state index in [0.29, 0.717) is 17.8 Å². The Hall–Kier alpha value is -2.75. The second-order valence-corrected chi connectivity index (χ2v) is 4.94. The van der Waals surface area contributed by atoms with Crippen molar-refractivity contribution in [1.29, 1.82) is 0 Å². The zero-order chi connectivity index (χ0) is 15.5. The number of para-hydroxylation sites is 1. The van der Waals surface area contributed by atoms with E-state index in [1.54, 1.807) is 26.4 Å². The molecule has 0 aliphatic heterocycles. The van der Waals surface area contributed by atoms with Crippen molar-refractivity contribution in [1.82, 2.24) is 0 Å². The molecule has 0 fully saturated rings. The number of hydrogen-bond donors (Lipinski definition) is 0. The highest BCUT2D eigenvalue weighted by Gasteiger charge is 2.11. The van der Waals surface area contributed by atoms with Crippen LogP contribution in [0.25, 0.3) is 11.0 Å². The number of ether oxygens (including phenoxy) is 2. The quantitative estimate of drug-likeness (QED) is 0.692. The number of methoxy groups -OCH3 is 2. The SMILES string of the molecule is COc1ccccc1Cc1cc2ccc(=O)oc2cc1OC. The van der Waals surface area contributed by atoms with Gasteiger partial charge in [0.25, 0.3) is 0 Å². The van der Waals surface area contributed by atoms with E-state index in [4.69, 9.17) is 13.9 Å². The van der Waals surface area contributed by atoms with Crippen molar-refractivity contribution in [2.45, 2.75) is 6.42 Å². The van der Waals surface area contributed by atoms with Gasteiger partial charge in [0.2, 0.25) is 0 Å². The van der Waals surface area contributed by atoms with Crippen LogP contribution >= 0.6 is 0 Å². The van der Waals surface area contributed by atoms with Crippen molar-refractivity contribution >= 4 is 11.0 Å². The predicted octanol–water partition coefficient (Wildman–Crippen LogP) is 3.40. The monoisotopic (exact) mass is 296 g/mol. The molecular formula is C18H16O4. The maximum absolute atomic E-state index is 11.3. The highest BCUT2D eigenvalue weighted by atomic mass is 16.5. The molecule has 4 nitrogen and oxygen atoms in total. The van der Waals surface area contributed by atoms with Gasteiger partial charge in [0.15, 0.2) is 0 Å². The van der Waals surface area contributed by atoms with Crippen LogP contribution in [-0.4, -0.2) is 14.2 Å². The van der Waals surface area contributed by atoms with Gasteiger partial charge < -0.3 is 13.9 Å². The fourth-order valence-electron chi connectivity index (χ4n) is 2.53. The second kappa shape index (κ2) is 5.93. The fourth-order valence-corrected chi connectivity index (χ4v) is 2.53. The zero-order valence-electron chi connectivity index (χ0n) is 12.5. The van der Waals surface area contributed by atoms with Crippen LogP contribution in [0.5, 0.6) is 11.5 Å². The Morgan fingerprint density at radius 2 is 1.68 bits per heavy atom. The Morgan fingerprint density at radius 1 is 0.909 bits per heavy atom. The number of rotatable bonds is 4. The van der Waals surface area contributed by atoms with E-state index >= 15 is 0 Å². The number of fused-ring (bicyclic) bond motifs is 1. The van der Waals surface area contributed by atoms with E-state index in [2.05, 4.69) is 0 Å². The summed E-state index contributed by atoms with van der Waals surface area (Å²) < 4.78 is 16.0. The molecule has 0 aliphatic rings. The lowest BCUT2D eigenvalue weighted by Gasteiger charge is -2.12. The van der Waals surface area contributed by atoms with Gasteiger partial charge in [-0.25, -0.2) is 4.79 Å². The van der Waals surface area contributed by atoms with E-state index in [0.717, 1.165) is 22.3 Å². The van der Waals surface area contributed by atoms with E-state index < -0.39 is 0 Å². The molecule has 0 N–H and O–H groups in total. The molecule has 0 spiro atoms. The normalized spacial score (nSPS) is 10.6. The molecule has 112 valence electrons. The highest BCUT2D eigenvalue weighted by Crippen LogP contribution is 2.29. The lowest BCUT2D eigenvalue weighted by atomic mass is 10.0. The van der Waals surface area contributed by atoms with E-state index in [-0.39, 0.29) is 5.63 Å². The smallest absolute Gasteiger partial charge is 0.336 e. The molecule has 0 unspecified atom stereocenters. The standard InChI is InChI=1S/C18H16O4/c1-20-15-6-4-3-5-12(15)9-14-10-13-7-8-18(19)22-17(13)11-16(14)21-2/h3-8,10-11H,9H2,1-2H3. The van der Waals surface area contributed by atoms with Gasteiger partial charge in [-0.2, -0.15) is 0 Å². The minimum Gasteiger partial charge on any atom is -0.496 e. The Kier molecular flexibility index (Phi) is 3.83. The predicted molar refractivity (Wildman–Crippen MR) is 84.8 cm³/mol. The van der Waals surface area contributed by atoms with Crippen LogP contribution in [-0.2, 0) is 6.42 Å². The van der Waals surface area contributed by atoms with Gasteiger partial charge in [-0.15, -0.1) is 0 Å². The molecule has 3 rings (SSSR count). The first-order chi connectivity index (χ1) is 10.7. The van der Waals surface area contributed by atoms with Crippen LogP contribution in [0.1, 0.15) is 11.1 Å². The number of benzene rings is 2. The first kappa shape index (κ1) is 14.2. The summed E-state index contributed by atoms with van der Waals surface area (Å²) in [5, 5.41) is 0.866. The van der Waals surface area contributed by atoms with Crippen molar-refractivity contribution in [3.8, 4) is 11.5 Å². The minimum absolute atomic E-state index is 0.368. The molecule has 0 aliphatic carbocycles. The zero-order valence-corrected chi connectivity index (χ0v) is 12.5. The average Bonchev–Trinajstić information content (AvgIpc) is 2.55. The molecule has 2 aromatic carbocycles. The summed E-state index contributed by atoms with van der Waals surface area (Å²) in [4.78, 5) is 11.3. The molecule has 1 heterocycles. The summed E-state index contributed by atoms with van der Waals surface area (Å²) in [6.45, 7) is 0. The van der Waals surface area contributed by atoms with Gasteiger partial charge in [0.1, 0.15) is 17.1 Å². The molecule has 1 aromatic heterocycles. The van der Waals surface area contributed by atoms with Gasteiger partial charge in [-0.3, -0.25) is 0 Å². The van der Waals surface area contributed by atoms with Crippen molar-refractivity contribution in [2.24, 2.45) is 0 Å². The Labute approximate surface area is 127 Å². The van der Waals surface area contributed by atoms with Crippen molar-refractivity contribution in [3.63, 3.8) is 0 Å². The number of hydrogen-bond acceptors (Lipinski definition) is 4. The highest BCUT2D eigenvalue weighted by molar-refractivity contribution is 5.79. The maximum atomic E-state index is 11.3. The third-order valence-electron chi connectivity index (χ3n) is 3.60. The minimum atomic E-state index is -0.368. The van der Waals surface area contributed by atoms with Crippen LogP contribution in [0.4, 0.5) is 0 Å². The molecule has 4 heteroatoms. The maximum Gasteiger partial charge on any atom is 0.336 e. The molecule has 3 aromatic rings. The van der Waals surface area contributed by atoms with Gasteiger partial charge in [0.05, 0.1) is 14.2 Å². The van der Waals surface area contributed by atoms with Gasteiger partial charge in [-0.05, 0) is 29.3 Å². The Balaban J connectivity index is 2.09. The van der Waals surface area contributed by atoms with Crippen molar-refractivity contribution in [2.75, 3.05) is 14.2 Å². The summed E-state index contributed by atoms with van der Waals surface area (Å²) in [5.74, 6) is 1.52. The van der Waals surface area contributed by atoms with Gasteiger partial charge in [-0.1, -0.05) is 18.2 Å². The molecule has 0 saturated carbocycles. The topological polar surface area (TPSA) is 48.7 Å². The molecule has 0 atom stereocenters. The molecule has 0 radical (unpaired) electrons. The summed E-state index contributed by atoms with van der Waals surface area (Å²) in [6.07, 6.45) is 0.669. The lowest BCUT2D eigenvalue weighted by Crippen LogP contribution is -1.99. The van der Waals surface area contributed by atoms with Crippen LogP contribution in [0, 0.1) is 0 Å². The van der Waals surface area contributed by atoms with E-state index in [1.807, 2.05) is 30.3 Å². The average molecular weight is 296 g/mol. The second-order valence-electron chi connectivity index (χ2n) is 4.94. The van der Waals surface area contributed by atoms with E-state index in [1.165, 1.54) is 6.07 Å². The summed E-state index contributed by atoms with van der Waals surface area (Å²) in [7, 11) is 3.26. The fraction of sp³-hybridized carbons (Fsp3) is 0.167. The van der Waals surface area contributed by atoms with Crippen LogP contribution in [0.3, 0.4) is 0 Å². The first-order valence-corrected chi connectivity index (χ1v) is 6.94. The Morgan fingerprint density at radius 3 is 2.45 bits per heavy atom. The van der Waals surface area contributed by atoms with Crippen LogP contribution in [0.2, 0.25) is 0 Å². The largest absolute Gasteiger partial charge is 0.496 e. The van der Waals surface area contributed by atoms with Gasteiger partial charge in [0, 0.05) is 23.9 Å². The lowest BCUT2D eigenvalue weighted by molar-refractivity contribution is 0.405. The first-order valence-electron chi connectivity index (χ1n) is 6.94. The molecule has 22 heavy (non-hydrogen) atoms. The third-order valence-corrected chi connectivity index (χ3v) is 3.60. The van der Waals surface area contributed by atoms with Crippen LogP contribution < -0.4 is 15.1 Å². The van der Waals surface area contributed by atoms with Crippen molar-refractivity contribution < 1.29 is 13.9 Å². The summed E-state index contributed by atoms with van der Waals surface area (Å²) >= 11 is 0. The third kappa shape index (κ3) is 2.68. The van der Waals surface area contributed by atoms with Crippen molar-refractivity contribution in [3.05, 3.63) is 70.1 Å². The molecule has 0 saturated heterocycles. The summed E-state index contributed by atoms with van der Waals surface area (Å²) in [6, 6.07) is 14.8. The van der Waals surface area contributed by atoms with Crippen LogP contribution in [0.15, 0.2) is 57.7 Å². The molecule has 0 bridgehead atoms. The molecule has 0 amide bonds. The van der Waals surface area contributed by atoms with Gasteiger partial charge >= 0.3 is 5.63 Å². The molecular weight excluding hydrogens is 280 g/mol.